The van der Waals surface area contributed by atoms with Crippen molar-refractivity contribution in [3.8, 4) is 0 Å². The molecular formula is C17H13BrF3NO3. The van der Waals surface area contributed by atoms with E-state index in [1.165, 1.54) is 12.1 Å². The molecule has 0 saturated carbocycles. The number of carbonyl (C=O) groups excluding carboxylic acids is 2. The zero-order valence-electron chi connectivity index (χ0n) is 12.8. The van der Waals surface area contributed by atoms with Gasteiger partial charge < -0.3 is 10.1 Å². The molecule has 132 valence electrons. The van der Waals surface area contributed by atoms with E-state index in [0.717, 1.165) is 16.6 Å². The molecule has 1 N–H and O–H groups in total. The fourth-order valence-corrected chi connectivity index (χ4v) is 2.44. The van der Waals surface area contributed by atoms with Crippen LogP contribution in [-0.4, -0.2) is 18.5 Å². The first-order valence-electron chi connectivity index (χ1n) is 7.12. The molecule has 0 aromatic heterocycles. The van der Waals surface area contributed by atoms with E-state index in [2.05, 4.69) is 21.2 Å². The Kier molecular flexibility index (Phi) is 6.19. The predicted octanol–water partition coefficient (Wildman–Crippen LogP) is 4.19. The topological polar surface area (TPSA) is 55.4 Å². The van der Waals surface area contributed by atoms with Crippen LogP contribution in [0.4, 0.5) is 18.9 Å². The molecule has 0 bridgehead atoms. The second-order valence-electron chi connectivity index (χ2n) is 5.02. The van der Waals surface area contributed by atoms with E-state index in [-0.39, 0.29) is 12.1 Å². The number of benzene rings is 2. The van der Waals surface area contributed by atoms with E-state index >= 15 is 0 Å². The average molecular weight is 416 g/mol. The van der Waals surface area contributed by atoms with Gasteiger partial charge in [0.25, 0.3) is 5.91 Å². The van der Waals surface area contributed by atoms with E-state index in [9.17, 15) is 22.8 Å². The normalized spacial score (nSPS) is 11.0. The Labute approximate surface area is 150 Å². The minimum absolute atomic E-state index is 0.0617. The van der Waals surface area contributed by atoms with Gasteiger partial charge in [-0.1, -0.05) is 46.3 Å². The Bertz CT molecular complexity index is 778. The molecular weight excluding hydrogens is 403 g/mol. The maximum Gasteiger partial charge on any atom is 0.418 e. The summed E-state index contributed by atoms with van der Waals surface area (Å²) in [4.78, 5) is 23.5. The molecule has 0 atom stereocenters. The Balaban J connectivity index is 1.91. The summed E-state index contributed by atoms with van der Waals surface area (Å²) in [7, 11) is 0. The number of anilines is 1. The van der Waals surface area contributed by atoms with Gasteiger partial charge in [0.2, 0.25) is 0 Å². The lowest BCUT2D eigenvalue weighted by Crippen LogP contribution is -2.23. The molecule has 0 heterocycles. The van der Waals surface area contributed by atoms with Crippen LogP contribution in [0.25, 0.3) is 0 Å². The Morgan fingerprint density at radius 2 is 1.68 bits per heavy atom. The van der Waals surface area contributed by atoms with Crippen molar-refractivity contribution in [2.45, 2.75) is 12.6 Å². The van der Waals surface area contributed by atoms with Crippen molar-refractivity contribution < 1.29 is 27.5 Å². The minimum Gasteiger partial charge on any atom is -0.455 e. The summed E-state index contributed by atoms with van der Waals surface area (Å²) >= 11 is 3.28. The molecule has 4 nitrogen and oxygen atoms in total. The largest absolute Gasteiger partial charge is 0.455 e. The molecule has 0 aliphatic heterocycles. The number of esters is 1. The SMILES string of the molecule is O=C(COC(=O)Cc1ccccc1Br)Nc1ccccc1C(F)(F)F. The van der Waals surface area contributed by atoms with Crippen LogP contribution in [0.1, 0.15) is 11.1 Å². The van der Waals surface area contributed by atoms with Gasteiger partial charge in [-0.25, -0.2) is 0 Å². The summed E-state index contributed by atoms with van der Waals surface area (Å²) in [6, 6.07) is 11.6. The second kappa shape index (κ2) is 8.15. The summed E-state index contributed by atoms with van der Waals surface area (Å²) in [6.45, 7) is -0.671. The first-order valence-corrected chi connectivity index (χ1v) is 7.92. The third-order valence-electron chi connectivity index (χ3n) is 3.16. The molecule has 0 aliphatic carbocycles. The van der Waals surface area contributed by atoms with Crippen LogP contribution in [0, 0.1) is 0 Å². The second-order valence-corrected chi connectivity index (χ2v) is 5.87. The number of carbonyl (C=O) groups is 2. The molecule has 0 radical (unpaired) electrons. The number of hydrogen-bond acceptors (Lipinski definition) is 3. The van der Waals surface area contributed by atoms with Crippen LogP contribution in [0.2, 0.25) is 0 Å². The van der Waals surface area contributed by atoms with Crippen molar-refractivity contribution in [3.63, 3.8) is 0 Å². The number of ether oxygens (including phenoxy) is 1. The Morgan fingerprint density at radius 1 is 1.04 bits per heavy atom. The molecule has 2 rings (SSSR count). The van der Waals surface area contributed by atoms with Gasteiger partial charge in [-0.2, -0.15) is 13.2 Å². The first-order chi connectivity index (χ1) is 11.8. The highest BCUT2D eigenvalue weighted by molar-refractivity contribution is 9.10. The summed E-state index contributed by atoms with van der Waals surface area (Å²) in [5.74, 6) is -1.51. The minimum atomic E-state index is -4.60. The quantitative estimate of drug-likeness (QED) is 0.744. The standard InChI is InChI=1S/C17H13BrF3NO3/c18-13-7-3-1-5-11(13)9-16(24)25-10-15(23)22-14-8-4-2-6-12(14)17(19,20)21/h1-8H,9-10H2,(H,22,23). The molecule has 0 aliphatic rings. The Hall–Kier alpha value is -2.35. The highest BCUT2D eigenvalue weighted by Crippen LogP contribution is 2.34. The third-order valence-corrected chi connectivity index (χ3v) is 3.94. The number of alkyl halides is 3. The van der Waals surface area contributed by atoms with Gasteiger partial charge in [-0.05, 0) is 23.8 Å². The lowest BCUT2D eigenvalue weighted by Gasteiger charge is -2.13. The van der Waals surface area contributed by atoms with Crippen LogP contribution >= 0.6 is 15.9 Å². The van der Waals surface area contributed by atoms with E-state index in [4.69, 9.17) is 4.74 Å². The fourth-order valence-electron chi connectivity index (χ4n) is 2.02. The number of rotatable bonds is 5. The van der Waals surface area contributed by atoms with Crippen molar-refractivity contribution in [1.82, 2.24) is 0 Å². The van der Waals surface area contributed by atoms with Crippen molar-refractivity contribution >= 4 is 33.5 Å². The van der Waals surface area contributed by atoms with Crippen molar-refractivity contribution in [1.29, 1.82) is 0 Å². The van der Waals surface area contributed by atoms with E-state index in [1.807, 2.05) is 0 Å². The maximum atomic E-state index is 12.9. The number of nitrogens with one attached hydrogen (secondary N) is 1. The van der Waals surface area contributed by atoms with Gasteiger partial charge in [0.05, 0.1) is 17.7 Å². The van der Waals surface area contributed by atoms with E-state index in [1.54, 1.807) is 24.3 Å². The summed E-state index contributed by atoms with van der Waals surface area (Å²) in [5, 5.41) is 2.10. The molecule has 0 saturated heterocycles. The van der Waals surface area contributed by atoms with Crippen molar-refractivity contribution in [2.75, 3.05) is 11.9 Å². The summed E-state index contributed by atoms with van der Waals surface area (Å²) in [5.41, 5.74) is -0.680. The number of amides is 1. The molecule has 2 aromatic carbocycles. The van der Waals surface area contributed by atoms with Crippen molar-refractivity contribution in [2.24, 2.45) is 0 Å². The van der Waals surface area contributed by atoms with Gasteiger partial charge in [0.15, 0.2) is 6.61 Å². The predicted molar refractivity (Wildman–Crippen MR) is 88.9 cm³/mol. The lowest BCUT2D eigenvalue weighted by atomic mass is 10.1. The van der Waals surface area contributed by atoms with E-state index < -0.39 is 30.2 Å². The van der Waals surface area contributed by atoms with Gasteiger partial charge in [-0.15, -0.1) is 0 Å². The van der Waals surface area contributed by atoms with Crippen LogP contribution in [-0.2, 0) is 26.9 Å². The van der Waals surface area contributed by atoms with Crippen LogP contribution in [0.15, 0.2) is 53.0 Å². The van der Waals surface area contributed by atoms with Crippen molar-refractivity contribution in [3.05, 3.63) is 64.1 Å². The monoisotopic (exact) mass is 415 g/mol. The molecule has 0 fully saturated rings. The van der Waals surface area contributed by atoms with Gasteiger partial charge in [0, 0.05) is 4.47 Å². The molecule has 0 unspecified atom stereocenters. The molecule has 1 amide bonds. The molecule has 2 aromatic rings. The van der Waals surface area contributed by atoms with Gasteiger partial charge >= 0.3 is 12.1 Å². The zero-order chi connectivity index (χ0) is 18.4. The van der Waals surface area contributed by atoms with Crippen LogP contribution < -0.4 is 5.32 Å². The molecule has 0 spiro atoms. The van der Waals surface area contributed by atoms with E-state index in [0.29, 0.717) is 5.56 Å². The molecule has 25 heavy (non-hydrogen) atoms. The van der Waals surface area contributed by atoms with Gasteiger partial charge in [-0.3, -0.25) is 9.59 Å². The zero-order valence-corrected chi connectivity index (χ0v) is 14.4. The van der Waals surface area contributed by atoms with Gasteiger partial charge in [0.1, 0.15) is 0 Å². The first kappa shape index (κ1) is 19.0. The summed E-state index contributed by atoms with van der Waals surface area (Å²) < 4.78 is 44.1. The van der Waals surface area contributed by atoms with Crippen LogP contribution in [0.5, 0.6) is 0 Å². The van der Waals surface area contributed by atoms with Crippen LogP contribution in [0.3, 0.4) is 0 Å². The maximum absolute atomic E-state index is 12.9. The molecule has 8 heteroatoms. The number of halogens is 4. The highest BCUT2D eigenvalue weighted by atomic mass is 79.9. The average Bonchev–Trinajstić information content (AvgIpc) is 2.55. The third kappa shape index (κ3) is 5.60. The highest BCUT2D eigenvalue weighted by Gasteiger charge is 2.33. The summed E-state index contributed by atoms with van der Waals surface area (Å²) in [6.07, 6.45) is -4.66. The number of para-hydroxylation sites is 1. The fraction of sp³-hybridized carbons (Fsp3) is 0.176. The lowest BCUT2D eigenvalue weighted by molar-refractivity contribution is -0.146. The number of hydrogen-bond donors (Lipinski definition) is 1. The smallest absolute Gasteiger partial charge is 0.418 e. The Morgan fingerprint density at radius 3 is 2.36 bits per heavy atom.